The Morgan fingerprint density at radius 3 is 2.74 bits per heavy atom. The van der Waals surface area contributed by atoms with Crippen LogP contribution in [-0.2, 0) is 13.1 Å². The minimum atomic E-state index is -0.152. The molecule has 0 aliphatic carbocycles. The fourth-order valence-corrected chi connectivity index (χ4v) is 2.12. The largest absolute Gasteiger partial charge is 0.467 e. The molecule has 0 saturated carbocycles. The third-order valence-electron chi connectivity index (χ3n) is 3.74. The van der Waals surface area contributed by atoms with E-state index < -0.39 is 0 Å². The lowest BCUT2D eigenvalue weighted by Gasteiger charge is -2.30. The second-order valence-corrected chi connectivity index (χ2v) is 5.65. The smallest absolute Gasteiger partial charge is 0.276 e. The molecule has 2 aromatic heterocycles. The third kappa shape index (κ3) is 4.80. The summed E-state index contributed by atoms with van der Waals surface area (Å²) in [6.07, 6.45) is 3.24. The zero-order chi connectivity index (χ0) is 16.1. The highest BCUT2D eigenvalue weighted by molar-refractivity contribution is 5.92. The number of carbonyl (C=O) groups excluding carboxylic acids is 1. The lowest BCUT2D eigenvalue weighted by atomic mass is 10.0. The van der Waals surface area contributed by atoms with Gasteiger partial charge >= 0.3 is 0 Å². The molecule has 2 heterocycles. The molecule has 1 unspecified atom stereocenters. The van der Waals surface area contributed by atoms with Crippen LogP contribution in [0.4, 0.5) is 0 Å². The van der Waals surface area contributed by atoms with Crippen molar-refractivity contribution in [3.63, 3.8) is 0 Å². The Morgan fingerprint density at radius 2 is 2.17 bits per heavy atom. The number of nitrogens with two attached hydrogens (primary N) is 1. The first-order valence-corrected chi connectivity index (χ1v) is 7.46. The summed E-state index contributed by atoms with van der Waals surface area (Å²) in [5.41, 5.74) is 5.81. The van der Waals surface area contributed by atoms with Gasteiger partial charge in [0.15, 0.2) is 5.69 Å². The quantitative estimate of drug-likeness (QED) is 0.831. The van der Waals surface area contributed by atoms with Gasteiger partial charge in [-0.25, -0.2) is 0 Å². The van der Waals surface area contributed by atoms with Crippen LogP contribution in [0, 0.1) is 5.92 Å². The van der Waals surface area contributed by atoms with Gasteiger partial charge in [0.05, 0.1) is 25.5 Å². The van der Waals surface area contributed by atoms with Crippen LogP contribution in [0.2, 0.25) is 0 Å². The van der Waals surface area contributed by atoms with Crippen molar-refractivity contribution in [2.24, 2.45) is 11.7 Å². The van der Waals surface area contributed by atoms with Crippen molar-refractivity contribution in [1.82, 2.24) is 19.9 Å². The first kappa shape index (κ1) is 19.2. The normalized spacial score (nSPS) is 12.0. The van der Waals surface area contributed by atoms with Crippen LogP contribution in [0.1, 0.15) is 37.0 Å². The molecule has 2 N–H and O–H groups in total. The number of carbonyl (C=O) groups is 1. The van der Waals surface area contributed by atoms with Gasteiger partial charge in [-0.15, -0.1) is 17.5 Å². The third-order valence-corrected chi connectivity index (χ3v) is 3.74. The Bertz CT molecular complexity index is 597. The molecule has 2 rings (SSSR count). The molecule has 2 aromatic rings. The van der Waals surface area contributed by atoms with Crippen LogP contribution in [0.5, 0.6) is 0 Å². The molecule has 8 heteroatoms. The predicted molar refractivity (Wildman–Crippen MR) is 89.2 cm³/mol. The standard InChI is InChI=1S/C15H23N5O2.ClH/c1-11(2)12(3)20(9-13-5-4-8-22-13)15(21)14-10-19(7-6-16)18-17-14;/h4-5,8,10-12H,6-7,9,16H2,1-3H3;1H. The van der Waals surface area contributed by atoms with E-state index in [2.05, 4.69) is 24.2 Å². The molecule has 0 spiro atoms. The van der Waals surface area contributed by atoms with E-state index in [1.165, 1.54) is 0 Å². The molecule has 0 radical (unpaired) electrons. The average Bonchev–Trinajstić information content (AvgIpc) is 3.15. The average molecular weight is 342 g/mol. The molecule has 0 saturated heterocycles. The lowest BCUT2D eigenvalue weighted by molar-refractivity contribution is 0.0604. The second-order valence-electron chi connectivity index (χ2n) is 5.65. The summed E-state index contributed by atoms with van der Waals surface area (Å²) in [7, 11) is 0. The summed E-state index contributed by atoms with van der Waals surface area (Å²) in [6, 6.07) is 3.73. The zero-order valence-electron chi connectivity index (χ0n) is 13.7. The first-order chi connectivity index (χ1) is 10.5. The van der Waals surface area contributed by atoms with E-state index in [1.54, 1.807) is 22.0 Å². The maximum absolute atomic E-state index is 12.8. The van der Waals surface area contributed by atoms with Crippen molar-refractivity contribution >= 4 is 18.3 Å². The number of hydrogen-bond donors (Lipinski definition) is 1. The Balaban J connectivity index is 0.00000264. The van der Waals surface area contributed by atoms with Crippen LogP contribution in [0.25, 0.3) is 0 Å². The van der Waals surface area contributed by atoms with Gasteiger partial charge in [-0.1, -0.05) is 19.1 Å². The van der Waals surface area contributed by atoms with E-state index in [1.807, 2.05) is 19.1 Å². The Hall–Kier alpha value is -1.86. The van der Waals surface area contributed by atoms with Gasteiger partial charge in [-0.2, -0.15) is 0 Å². The number of aromatic nitrogens is 3. The van der Waals surface area contributed by atoms with Crippen LogP contribution in [0.15, 0.2) is 29.0 Å². The highest BCUT2D eigenvalue weighted by atomic mass is 35.5. The van der Waals surface area contributed by atoms with Gasteiger partial charge in [0, 0.05) is 12.6 Å². The van der Waals surface area contributed by atoms with Crippen molar-refractivity contribution in [2.45, 2.75) is 39.9 Å². The van der Waals surface area contributed by atoms with Crippen molar-refractivity contribution in [3.8, 4) is 0 Å². The summed E-state index contributed by atoms with van der Waals surface area (Å²) < 4.78 is 6.95. The Morgan fingerprint density at radius 1 is 1.43 bits per heavy atom. The first-order valence-electron chi connectivity index (χ1n) is 7.46. The number of amides is 1. The maximum Gasteiger partial charge on any atom is 0.276 e. The van der Waals surface area contributed by atoms with Crippen LogP contribution in [-0.4, -0.2) is 38.4 Å². The van der Waals surface area contributed by atoms with Gasteiger partial charge < -0.3 is 15.1 Å². The van der Waals surface area contributed by atoms with E-state index in [0.717, 1.165) is 5.76 Å². The lowest BCUT2D eigenvalue weighted by Crippen LogP contribution is -2.41. The molecule has 0 aliphatic rings. The van der Waals surface area contributed by atoms with Crippen molar-refractivity contribution in [1.29, 1.82) is 0 Å². The molecular formula is C15H24ClN5O2. The zero-order valence-corrected chi connectivity index (χ0v) is 14.5. The predicted octanol–water partition coefficient (Wildman–Crippen LogP) is 1.94. The number of hydrogen-bond acceptors (Lipinski definition) is 5. The summed E-state index contributed by atoms with van der Waals surface area (Å²) in [6.45, 7) is 7.59. The molecular weight excluding hydrogens is 318 g/mol. The number of rotatable bonds is 7. The van der Waals surface area contributed by atoms with Crippen LogP contribution >= 0.6 is 12.4 Å². The highest BCUT2D eigenvalue weighted by Crippen LogP contribution is 2.17. The van der Waals surface area contributed by atoms with Crippen molar-refractivity contribution < 1.29 is 9.21 Å². The summed E-state index contributed by atoms with van der Waals surface area (Å²) in [4.78, 5) is 14.5. The SMILES string of the molecule is CC(C)C(C)N(Cc1ccco1)C(=O)c1cn(CCN)nn1.Cl. The Labute approximate surface area is 142 Å². The van der Waals surface area contributed by atoms with E-state index >= 15 is 0 Å². The minimum Gasteiger partial charge on any atom is -0.467 e. The van der Waals surface area contributed by atoms with Gasteiger partial charge in [0.25, 0.3) is 5.91 Å². The van der Waals surface area contributed by atoms with Gasteiger partial charge in [0.1, 0.15) is 5.76 Å². The molecule has 1 atom stereocenters. The van der Waals surface area contributed by atoms with Crippen molar-refractivity contribution in [2.75, 3.05) is 6.54 Å². The fourth-order valence-electron chi connectivity index (χ4n) is 2.12. The molecule has 0 bridgehead atoms. The van der Waals surface area contributed by atoms with E-state index in [0.29, 0.717) is 31.2 Å². The number of halogens is 1. The maximum atomic E-state index is 12.8. The summed E-state index contributed by atoms with van der Waals surface area (Å²) in [5, 5.41) is 7.89. The molecule has 0 aliphatic heterocycles. The van der Waals surface area contributed by atoms with E-state index in [4.69, 9.17) is 10.2 Å². The van der Waals surface area contributed by atoms with Crippen molar-refractivity contribution in [3.05, 3.63) is 36.0 Å². The van der Waals surface area contributed by atoms with E-state index in [-0.39, 0.29) is 24.4 Å². The molecule has 128 valence electrons. The van der Waals surface area contributed by atoms with Crippen LogP contribution in [0.3, 0.4) is 0 Å². The molecule has 0 aromatic carbocycles. The molecule has 7 nitrogen and oxygen atoms in total. The minimum absolute atomic E-state index is 0. The van der Waals surface area contributed by atoms with Gasteiger partial charge in [0.2, 0.25) is 0 Å². The monoisotopic (exact) mass is 341 g/mol. The van der Waals surface area contributed by atoms with Crippen LogP contribution < -0.4 is 5.73 Å². The molecule has 23 heavy (non-hydrogen) atoms. The molecule has 1 amide bonds. The number of furan rings is 1. The van der Waals surface area contributed by atoms with E-state index in [9.17, 15) is 4.79 Å². The highest BCUT2D eigenvalue weighted by Gasteiger charge is 2.26. The summed E-state index contributed by atoms with van der Waals surface area (Å²) in [5.74, 6) is 0.911. The topological polar surface area (TPSA) is 90.2 Å². The number of nitrogens with zero attached hydrogens (tertiary/aromatic N) is 4. The van der Waals surface area contributed by atoms with Gasteiger partial charge in [-0.05, 0) is 25.0 Å². The summed E-state index contributed by atoms with van der Waals surface area (Å²) >= 11 is 0. The van der Waals surface area contributed by atoms with Gasteiger partial charge in [-0.3, -0.25) is 9.48 Å². The Kier molecular flexibility index (Phi) is 7.25. The second kappa shape index (κ2) is 8.69. The molecule has 0 fully saturated rings. The fraction of sp³-hybridized carbons (Fsp3) is 0.533.